The van der Waals surface area contributed by atoms with Gasteiger partial charge in [-0.3, -0.25) is 24.0 Å². The van der Waals surface area contributed by atoms with E-state index in [2.05, 4.69) is 22.5 Å². The molecule has 6 bridgehead atoms. The van der Waals surface area contributed by atoms with Crippen molar-refractivity contribution >= 4 is 45.5 Å². The number of rotatable bonds is 10. The van der Waals surface area contributed by atoms with E-state index in [0.717, 1.165) is 38.9 Å². The van der Waals surface area contributed by atoms with Crippen molar-refractivity contribution in [3.63, 3.8) is 0 Å². The predicted molar refractivity (Wildman–Crippen MR) is 237 cm³/mol. The molecule has 8 rings (SSSR count). The first kappa shape index (κ1) is 44.7. The number of Topliss-reactive ketones (excluding diaryl/α,β-unsaturated/α-hetero) is 1. The van der Waals surface area contributed by atoms with E-state index >= 15 is 0 Å². The van der Waals surface area contributed by atoms with Gasteiger partial charge in [0, 0.05) is 43.6 Å². The molecular formula is C49H50N4O8S. The number of carbonyl (C=O) groups is 5. The molecule has 3 amide bonds. The Labute approximate surface area is 361 Å². The lowest BCUT2D eigenvalue weighted by Crippen LogP contribution is -2.36. The third kappa shape index (κ3) is 13.6. The van der Waals surface area contributed by atoms with Crippen molar-refractivity contribution in [1.82, 2.24) is 16.0 Å². The van der Waals surface area contributed by atoms with Gasteiger partial charge in [-0.25, -0.2) is 8.42 Å². The van der Waals surface area contributed by atoms with Crippen LogP contribution in [-0.2, 0) is 84.9 Å². The lowest BCUT2D eigenvalue weighted by molar-refractivity contribution is -0.130. The standard InChI is InChI=1S/C49H50N4O8S/c1-33(50)42-18-16-38(17-19-42)29-53-49(58)43-21-34-8-12-36(13-9-34)27-51-47(56)24-39-4-2-5-40(20-39)25-48(57)52-28-37-14-10-35(11-15-37)22-44(46(55)26-43)31-62(59,60)30-41-6-3-7-45(23-41)61-32-54/h2-20,23,32,43-44H,1,21-22,24-31,50H2,(H,51,56)(H,52,57)(H,53,58)/t43-,44+/m1/s1. The van der Waals surface area contributed by atoms with Crippen molar-refractivity contribution in [2.24, 2.45) is 17.6 Å². The zero-order valence-corrected chi connectivity index (χ0v) is 35.1. The number of amides is 3. The minimum absolute atomic E-state index is 0.0862. The first-order valence-corrected chi connectivity index (χ1v) is 22.1. The largest absolute Gasteiger partial charge is 0.429 e. The summed E-state index contributed by atoms with van der Waals surface area (Å²) in [5, 5.41) is 8.85. The predicted octanol–water partition coefficient (Wildman–Crippen LogP) is 5.09. The van der Waals surface area contributed by atoms with Crippen molar-refractivity contribution in [3.05, 3.63) is 178 Å². The summed E-state index contributed by atoms with van der Waals surface area (Å²) in [6.07, 6.45) is 0.315. The van der Waals surface area contributed by atoms with Crippen molar-refractivity contribution in [2.45, 2.75) is 57.5 Å². The SMILES string of the molecule is C=C(N)c1ccc(CNC(=O)[C@H]2CC(=O)[C@H](CS(=O)(=O)Cc3cccc(OC=O)c3)Cc3ccc(cc3)CNC(=O)Cc3cccc(c3)CC(=O)NCc3ccc(cc3)C2)cc1. The van der Waals surface area contributed by atoms with Crippen molar-refractivity contribution < 1.29 is 37.1 Å². The first-order valence-electron chi connectivity index (χ1n) is 20.3. The average Bonchev–Trinajstić information content (AvgIpc) is 3.24. The Balaban J connectivity index is 1.29. The maximum Gasteiger partial charge on any atom is 0.298 e. The van der Waals surface area contributed by atoms with E-state index in [1.807, 2.05) is 97.1 Å². The number of benzene rings is 5. The monoisotopic (exact) mass is 854 g/mol. The lowest BCUT2D eigenvalue weighted by atomic mass is 9.87. The van der Waals surface area contributed by atoms with Crippen LogP contribution < -0.4 is 26.4 Å². The fourth-order valence-corrected chi connectivity index (χ4v) is 9.11. The fraction of sp³-hybridized carbons (Fsp3) is 0.245. The van der Waals surface area contributed by atoms with E-state index in [1.165, 1.54) is 12.1 Å². The highest BCUT2D eigenvalue weighted by molar-refractivity contribution is 7.90. The van der Waals surface area contributed by atoms with Gasteiger partial charge in [0.1, 0.15) is 11.5 Å². The molecule has 0 fully saturated rings. The summed E-state index contributed by atoms with van der Waals surface area (Å²) in [4.78, 5) is 65.3. The number of hydrogen-bond donors (Lipinski definition) is 4. The molecule has 5 N–H and O–H groups in total. The Kier molecular flexibility index (Phi) is 15.2. The van der Waals surface area contributed by atoms with Crippen LogP contribution in [0.5, 0.6) is 5.75 Å². The molecule has 0 unspecified atom stereocenters. The van der Waals surface area contributed by atoms with Crippen LogP contribution in [0.25, 0.3) is 5.70 Å². The molecule has 12 nitrogen and oxygen atoms in total. The Hall–Kier alpha value is -6.86. The minimum atomic E-state index is -3.92. The normalized spacial score (nSPS) is 16.5. The summed E-state index contributed by atoms with van der Waals surface area (Å²) in [5.74, 6) is -3.70. The highest BCUT2D eigenvalue weighted by Gasteiger charge is 2.31. The van der Waals surface area contributed by atoms with Crippen molar-refractivity contribution in [2.75, 3.05) is 5.75 Å². The lowest BCUT2D eigenvalue weighted by Gasteiger charge is -2.21. The summed E-state index contributed by atoms with van der Waals surface area (Å²) >= 11 is 0. The first-order chi connectivity index (χ1) is 29.8. The average molecular weight is 855 g/mol. The molecule has 320 valence electrons. The third-order valence-corrected chi connectivity index (χ3v) is 12.4. The molecule has 3 heterocycles. The van der Waals surface area contributed by atoms with Crippen LogP contribution in [0.1, 0.15) is 56.5 Å². The van der Waals surface area contributed by atoms with Gasteiger partial charge >= 0.3 is 0 Å². The van der Waals surface area contributed by atoms with E-state index in [1.54, 1.807) is 12.1 Å². The molecule has 0 spiro atoms. The molecule has 0 aliphatic carbocycles. The number of carbonyl (C=O) groups excluding carboxylic acids is 5. The summed E-state index contributed by atoms with van der Waals surface area (Å²) in [7, 11) is -3.92. The second-order valence-electron chi connectivity index (χ2n) is 15.7. The molecule has 62 heavy (non-hydrogen) atoms. The summed E-state index contributed by atoms with van der Waals surface area (Å²) < 4.78 is 32.6. The highest BCUT2D eigenvalue weighted by Crippen LogP contribution is 2.24. The fourth-order valence-electron chi connectivity index (χ4n) is 7.39. The maximum atomic E-state index is 14.5. The Morgan fingerprint density at radius 2 is 1.27 bits per heavy atom. The highest BCUT2D eigenvalue weighted by atomic mass is 32.2. The number of nitrogens with two attached hydrogens (primary N) is 1. The van der Waals surface area contributed by atoms with Crippen LogP contribution in [0.4, 0.5) is 0 Å². The molecule has 3 aliphatic heterocycles. The van der Waals surface area contributed by atoms with E-state index in [9.17, 15) is 32.4 Å². The molecule has 2 atom stereocenters. The van der Waals surface area contributed by atoms with Crippen LogP contribution in [-0.4, -0.2) is 44.1 Å². The van der Waals surface area contributed by atoms with Gasteiger partial charge in [-0.05, 0) is 75.0 Å². The number of nitrogens with one attached hydrogen (secondary N) is 3. The van der Waals surface area contributed by atoms with Gasteiger partial charge in [0.2, 0.25) is 17.7 Å². The Morgan fingerprint density at radius 3 is 1.85 bits per heavy atom. The Bertz CT molecular complexity index is 2520. The van der Waals surface area contributed by atoms with Gasteiger partial charge in [-0.1, -0.05) is 116 Å². The molecule has 0 saturated heterocycles. The second-order valence-corrected chi connectivity index (χ2v) is 17.8. The maximum absolute atomic E-state index is 14.5. The van der Waals surface area contributed by atoms with E-state index in [4.69, 9.17) is 10.5 Å². The van der Waals surface area contributed by atoms with Crippen molar-refractivity contribution in [3.8, 4) is 5.75 Å². The topological polar surface area (TPSA) is 191 Å². The molecule has 0 saturated carbocycles. The summed E-state index contributed by atoms with van der Waals surface area (Å²) in [6.45, 7) is 4.71. The summed E-state index contributed by atoms with van der Waals surface area (Å²) in [5.41, 5.74) is 12.9. The van der Waals surface area contributed by atoms with E-state index < -0.39 is 33.2 Å². The van der Waals surface area contributed by atoms with Crippen LogP contribution >= 0.6 is 0 Å². The van der Waals surface area contributed by atoms with Crippen LogP contribution in [0.3, 0.4) is 0 Å². The van der Waals surface area contributed by atoms with E-state index in [-0.39, 0.29) is 87.5 Å². The van der Waals surface area contributed by atoms with Gasteiger partial charge in [0.25, 0.3) is 6.47 Å². The van der Waals surface area contributed by atoms with Gasteiger partial charge in [0.05, 0.1) is 24.3 Å². The summed E-state index contributed by atoms with van der Waals surface area (Å²) in [6, 6.07) is 35.5. The smallest absolute Gasteiger partial charge is 0.298 e. The van der Waals surface area contributed by atoms with E-state index in [0.29, 0.717) is 16.8 Å². The van der Waals surface area contributed by atoms with Crippen LogP contribution in [0, 0.1) is 11.8 Å². The number of fused-ring (bicyclic) bond motifs is 2. The molecule has 3 aliphatic rings. The zero-order valence-electron chi connectivity index (χ0n) is 34.3. The van der Waals surface area contributed by atoms with Gasteiger partial charge in [-0.2, -0.15) is 0 Å². The van der Waals surface area contributed by atoms with Gasteiger partial charge in [0.15, 0.2) is 9.84 Å². The molecule has 0 radical (unpaired) electrons. The minimum Gasteiger partial charge on any atom is -0.429 e. The molecule has 5 aromatic rings. The molecule has 13 heteroatoms. The molecule has 5 aromatic carbocycles. The number of sulfone groups is 1. The zero-order chi connectivity index (χ0) is 44.1. The number of hydrogen-bond acceptors (Lipinski definition) is 9. The number of ketones is 1. The van der Waals surface area contributed by atoms with Crippen LogP contribution in [0.2, 0.25) is 0 Å². The Morgan fingerprint density at radius 1 is 0.710 bits per heavy atom. The molecule has 0 aromatic heterocycles. The van der Waals surface area contributed by atoms with Gasteiger partial charge in [-0.15, -0.1) is 0 Å². The second kappa shape index (κ2) is 21.1. The third-order valence-electron chi connectivity index (χ3n) is 10.7. The van der Waals surface area contributed by atoms with Gasteiger partial charge < -0.3 is 26.4 Å². The van der Waals surface area contributed by atoms with Crippen LogP contribution in [0.15, 0.2) is 128 Å². The molecular weight excluding hydrogens is 805 g/mol. The number of ether oxygens (including phenoxy) is 1. The quantitative estimate of drug-likeness (QED) is 0.139. The van der Waals surface area contributed by atoms with Crippen molar-refractivity contribution in [1.29, 1.82) is 0 Å².